The molecule has 2 aromatic rings. The smallest absolute Gasteiger partial charge is 0.244 e. The van der Waals surface area contributed by atoms with Crippen LogP contribution in [0.4, 0.5) is 5.69 Å². The van der Waals surface area contributed by atoms with E-state index in [0.717, 1.165) is 47.1 Å². The number of sulfonamides is 1. The van der Waals surface area contributed by atoms with Crippen molar-refractivity contribution in [1.82, 2.24) is 10.2 Å². The molecular formula is C26H32BrCl2N3O4S. The standard InChI is InChI=1S/C26H32BrCl2N3O4S/c1-3-24(26(34)30-20-7-5-4-6-8-20)31(16-18-9-14-22(28)23(29)15-18)25(33)17-32(37(2,35)36)21-12-10-19(27)11-13-21/h9-15,20,24H,3-8,16-17H2,1-2H3,(H,30,34)/t24-/m1/s1. The number of hydrogen-bond acceptors (Lipinski definition) is 4. The Kier molecular flexibility index (Phi) is 10.7. The van der Waals surface area contributed by atoms with Crippen LogP contribution in [0.2, 0.25) is 10.0 Å². The lowest BCUT2D eigenvalue weighted by atomic mass is 9.95. The number of carbonyl (C=O) groups excluding carboxylic acids is 2. The van der Waals surface area contributed by atoms with Gasteiger partial charge in [-0.05, 0) is 61.2 Å². The van der Waals surface area contributed by atoms with E-state index in [4.69, 9.17) is 23.2 Å². The maximum Gasteiger partial charge on any atom is 0.244 e. The minimum Gasteiger partial charge on any atom is -0.352 e. The fourth-order valence-electron chi connectivity index (χ4n) is 4.52. The molecule has 1 saturated carbocycles. The molecule has 11 heteroatoms. The molecule has 1 N–H and O–H groups in total. The first-order valence-electron chi connectivity index (χ1n) is 12.3. The minimum atomic E-state index is -3.79. The Morgan fingerprint density at radius 2 is 1.70 bits per heavy atom. The van der Waals surface area contributed by atoms with Gasteiger partial charge >= 0.3 is 0 Å². The van der Waals surface area contributed by atoms with Crippen LogP contribution < -0.4 is 9.62 Å². The average molecular weight is 633 g/mol. The molecule has 0 spiro atoms. The lowest BCUT2D eigenvalue weighted by molar-refractivity contribution is -0.140. The molecule has 1 aliphatic carbocycles. The van der Waals surface area contributed by atoms with Crippen molar-refractivity contribution in [3.63, 3.8) is 0 Å². The summed E-state index contributed by atoms with van der Waals surface area (Å²) in [5.74, 6) is -0.734. The van der Waals surface area contributed by atoms with Crippen molar-refractivity contribution in [2.24, 2.45) is 0 Å². The number of anilines is 1. The highest BCUT2D eigenvalue weighted by Crippen LogP contribution is 2.26. The van der Waals surface area contributed by atoms with Crippen molar-refractivity contribution in [2.75, 3.05) is 17.1 Å². The monoisotopic (exact) mass is 631 g/mol. The number of halogens is 3. The van der Waals surface area contributed by atoms with E-state index in [1.807, 2.05) is 6.92 Å². The van der Waals surface area contributed by atoms with Crippen LogP contribution in [0.5, 0.6) is 0 Å². The van der Waals surface area contributed by atoms with Crippen LogP contribution in [-0.4, -0.2) is 50.0 Å². The van der Waals surface area contributed by atoms with Crippen molar-refractivity contribution in [3.8, 4) is 0 Å². The maximum absolute atomic E-state index is 13.8. The highest BCUT2D eigenvalue weighted by Gasteiger charge is 2.33. The van der Waals surface area contributed by atoms with Gasteiger partial charge in [0.05, 0.1) is 22.0 Å². The third-order valence-corrected chi connectivity index (χ3v) is 8.88. The average Bonchev–Trinajstić information content (AvgIpc) is 2.85. The van der Waals surface area contributed by atoms with Gasteiger partial charge in [-0.3, -0.25) is 13.9 Å². The molecule has 0 bridgehead atoms. The second-order valence-corrected chi connectivity index (χ2v) is 12.9. The van der Waals surface area contributed by atoms with E-state index in [1.165, 1.54) is 4.90 Å². The van der Waals surface area contributed by atoms with E-state index < -0.39 is 28.5 Å². The second-order valence-electron chi connectivity index (χ2n) is 9.28. The van der Waals surface area contributed by atoms with Gasteiger partial charge in [-0.15, -0.1) is 0 Å². The largest absolute Gasteiger partial charge is 0.352 e. The molecule has 0 heterocycles. The highest BCUT2D eigenvalue weighted by atomic mass is 79.9. The second kappa shape index (κ2) is 13.3. The molecule has 3 rings (SSSR count). The molecule has 1 atom stereocenters. The maximum atomic E-state index is 13.8. The molecule has 0 unspecified atom stereocenters. The zero-order chi connectivity index (χ0) is 27.2. The lowest BCUT2D eigenvalue weighted by Gasteiger charge is -2.34. The summed E-state index contributed by atoms with van der Waals surface area (Å²) in [5, 5.41) is 3.83. The van der Waals surface area contributed by atoms with Crippen molar-refractivity contribution >= 4 is 66.7 Å². The summed E-state index contributed by atoms with van der Waals surface area (Å²) >= 11 is 15.6. The molecule has 2 aromatic carbocycles. The van der Waals surface area contributed by atoms with Gasteiger partial charge in [-0.2, -0.15) is 0 Å². The summed E-state index contributed by atoms with van der Waals surface area (Å²) in [5.41, 5.74) is 1.04. The number of rotatable bonds is 10. The van der Waals surface area contributed by atoms with E-state index in [2.05, 4.69) is 21.2 Å². The van der Waals surface area contributed by atoms with E-state index in [-0.39, 0.29) is 18.5 Å². The van der Waals surface area contributed by atoms with Gasteiger partial charge in [-0.1, -0.05) is 71.4 Å². The molecular weight excluding hydrogens is 601 g/mol. The fraction of sp³-hybridized carbons (Fsp3) is 0.462. The topological polar surface area (TPSA) is 86.8 Å². The number of amides is 2. The van der Waals surface area contributed by atoms with E-state index in [9.17, 15) is 18.0 Å². The first-order chi connectivity index (χ1) is 17.5. The summed E-state index contributed by atoms with van der Waals surface area (Å²) in [4.78, 5) is 28.6. The first-order valence-corrected chi connectivity index (χ1v) is 15.7. The summed E-state index contributed by atoms with van der Waals surface area (Å²) < 4.78 is 27.2. The van der Waals surface area contributed by atoms with Gasteiger partial charge in [0, 0.05) is 17.1 Å². The SMILES string of the molecule is CC[C@H](C(=O)NC1CCCCC1)N(Cc1ccc(Cl)c(Cl)c1)C(=O)CN(c1ccc(Br)cc1)S(C)(=O)=O. The van der Waals surface area contributed by atoms with Crippen molar-refractivity contribution < 1.29 is 18.0 Å². The predicted molar refractivity (Wildman–Crippen MR) is 152 cm³/mol. The Bertz CT molecular complexity index is 1200. The van der Waals surface area contributed by atoms with Gasteiger partial charge < -0.3 is 10.2 Å². The number of nitrogens with zero attached hydrogens (tertiary/aromatic N) is 2. The van der Waals surface area contributed by atoms with Crippen molar-refractivity contribution in [1.29, 1.82) is 0 Å². The van der Waals surface area contributed by atoms with Crippen LogP contribution >= 0.6 is 39.1 Å². The van der Waals surface area contributed by atoms with Crippen LogP contribution in [0, 0.1) is 0 Å². The van der Waals surface area contributed by atoms with Crippen molar-refractivity contribution in [2.45, 2.75) is 64.1 Å². The predicted octanol–water partition coefficient (Wildman–Crippen LogP) is 5.78. The molecule has 1 aliphatic rings. The summed E-state index contributed by atoms with van der Waals surface area (Å²) in [6.07, 6.45) is 6.52. The number of nitrogens with one attached hydrogen (secondary N) is 1. The van der Waals surface area contributed by atoms with Crippen molar-refractivity contribution in [3.05, 3.63) is 62.5 Å². The van der Waals surface area contributed by atoms with E-state index >= 15 is 0 Å². The van der Waals surface area contributed by atoms with E-state index in [1.54, 1.807) is 42.5 Å². The molecule has 2 amide bonds. The molecule has 0 aromatic heterocycles. The number of carbonyl (C=O) groups is 2. The van der Waals surface area contributed by atoms with Gasteiger partial charge in [-0.25, -0.2) is 8.42 Å². The summed E-state index contributed by atoms with van der Waals surface area (Å²) in [6, 6.07) is 11.0. The van der Waals surface area contributed by atoms with Gasteiger partial charge in [0.2, 0.25) is 21.8 Å². The zero-order valence-corrected chi connectivity index (χ0v) is 24.8. The van der Waals surface area contributed by atoms with Crippen LogP contribution in [0.15, 0.2) is 46.9 Å². The minimum absolute atomic E-state index is 0.0737. The van der Waals surface area contributed by atoms with Crippen LogP contribution in [0.1, 0.15) is 51.0 Å². The Balaban J connectivity index is 1.92. The number of hydrogen-bond donors (Lipinski definition) is 1. The molecule has 0 radical (unpaired) electrons. The zero-order valence-electron chi connectivity index (χ0n) is 20.9. The van der Waals surface area contributed by atoms with Gasteiger partial charge in [0.1, 0.15) is 12.6 Å². The van der Waals surface area contributed by atoms with Crippen LogP contribution in [0.3, 0.4) is 0 Å². The quantitative estimate of drug-likeness (QED) is 0.360. The van der Waals surface area contributed by atoms with Crippen LogP contribution in [-0.2, 0) is 26.2 Å². The molecule has 1 fully saturated rings. The molecule has 7 nitrogen and oxygen atoms in total. The summed E-state index contributed by atoms with van der Waals surface area (Å²) in [7, 11) is -3.79. The third kappa shape index (κ3) is 8.34. The third-order valence-electron chi connectivity index (χ3n) is 6.47. The Hall–Kier alpha value is -1.81. The van der Waals surface area contributed by atoms with Crippen LogP contribution in [0.25, 0.3) is 0 Å². The summed E-state index contributed by atoms with van der Waals surface area (Å²) in [6.45, 7) is 1.46. The molecule has 202 valence electrons. The highest BCUT2D eigenvalue weighted by molar-refractivity contribution is 9.10. The van der Waals surface area contributed by atoms with Gasteiger partial charge in [0.25, 0.3) is 0 Å². The Morgan fingerprint density at radius 3 is 2.27 bits per heavy atom. The van der Waals surface area contributed by atoms with E-state index in [0.29, 0.717) is 27.7 Å². The number of benzene rings is 2. The Labute approximate surface area is 237 Å². The fourth-order valence-corrected chi connectivity index (χ4v) is 5.95. The molecule has 37 heavy (non-hydrogen) atoms. The Morgan fingerprint density at radius 1 is 1.05 bits per heavy atom. The molecule has 0 aliphatic heterocycles. The molecule has 0 saturated heterocycles. The normalized spacial score (nSPS) is 15.2. The van der Waals surface area contributed by atoms with Gasteiger partial charge in [0.15, 0.2) is 0 Å². The lowest BCUT2D eigenvalue weighted by Crippen LogP contribution is -2.53. The first kappa shape index (κ1) is 29.7.